The third-order valence-corrected chi connectivity index (χ3v) is 2.80. The fourth-order valence-corrected chi connectivity index (χ4v) is 1.63. The number of pyridine rings is 1. The largest absolute Gasteiger partial charge is 0.271 e. The van der Waals surface area contributed by atoms with Gasteiger partial charge in [-0.15, -0.1) is 0 Å². The zero-order valence-electron chi connectivity index (χ0n) is 9.61. The molecule has 0 aliphatic rings. The lowest BCUT2D eigenvalue weighted by Crippen LogP contribution is -2.38. The molecule has 0 saturated heterocycles. The molecule has 0 aliphatic carbocycles. The van der Waals surface area contributed by atoms with Gasteiger partial charge in [0.05, 0.1) is 0 Å². The summed E-state index contributed by atoms with van der Waals surface area (Å²) in [5, 5.41) is 0. The lowest BCUT2D eigenvalue weighted by Gasteiger charge is -2.18. The van der Waals surface area contributed by atoms with E-state index < -0.39 is 0 Å². The Morgan fingerprint density at radius 1 is 1.47 bits per heavy atom. The number of nitrogens with zero attached hydrogens (tertiary/aromatic N) is 1. The van der Waals surface area contributed by atoms with E-state index in [9.17, 15) is 0 Å². The van der Waals surface area contributed by atoms with Crippen LogP contribution in [0.4, 0.5) is 0 Å². The van der Waals surface area contributed by atoms with Crippen molar-refractivity contribution in [2.45, 2.75) is 39.2 Å². The van der Waals surface area contributed by atoms with Gasteiger partial charge >= 0.3 is 0 Å². The maximum absolute atomic E-state index is 5.55. The summed E-state index contributed by atoms with van der Waals surface area (Å²) in [6.07, 6.45) is 5.03. The molecule has 3 nitrogen and oxygen atoms in total. The minimum absolute atomic E-state index is 0.329. The van der Waals surface area contributed by atoms with Crippen LogP contribution in [-0.4, -0.2) is 11.0 Å². The molecule has 0 amide bonds. The van der Waals surface area contributed by atoms with Crippen LogP contribution in [0, 0.1) is 5.92 Å². The topological polar surface area (TPSA) is 50.9 Å². The molecule has 0 aliphatic heterocycles. The number of hydrogen-bond acceptors (Lipinski definition) is 3. The summed E-state index contributed by atoms with van der Waals surface area (Å²) < 4.78 is 0. The van der Waals surface area contributed by atoms with E-state index in [0.29, 0.717) is 12.0 Å². The van der Waals surface area contributed by atoms with Gasteiger partial charge in [-0.3, -0.25) is 16.3 Å². The van der Waals surface area contributed by atoms with Gasteiger partial charge in [0.1, 0.15) is 0 Å². The molecule has 1 heterocycles. The molecule has 1 aromatic heterocycles. The van der Waals surface area contributed by atoms with Crippen molar-refractivity contribution in [1.82, 2.24) is 10.4 Å². The molecular formula is C12H21N3. The Morgan fingerprint density at radius 3 is 2.80 bits per heavy atom. The van der Waals surface area contributed by atoms with E-state index in [1.165, 1.54) is 6.42 Å². The smallest absolute Gasteiger partial charge is 0.0419 e. The van der Waals surface area contributed by atoms with Crippen molar-refractivity contribution in [1.29, 1.82) is 0 Å². The Bertz CT molecular complexity index is 261. The molecule has 0 bridgehead atoms. The Labute approximate surface area is 92.1 Å². The first-order valence-corrected chi connectivity index (χ1v) is 5.62. The van der Waals surface area contributed by atoms with Crippen molar-refractivity contribution in [3.8, 4) is 0 Å². The van der Waals surface area contributed by atoms with E-state index in [2.05, 4.69) is 24.3 Å². The number of rotatable bonds is 6. The molecule has 2 unspecified atom stereocenters. The second-order valence-corrected chi connectivity index (χ2v) is 4.14. The number of hydrogen-bond donors (Lipinski definition) is 2. The fourth-order valence-electron chi connectivity index (χ4n) is 1.63. The summed E-state index contributed by atoms with van der Waals surface area (Å²) in [7, 11) is 0. The summed E-state index contributed by atoms with van der Waals surface area (Å²) in [6.45, 7) is 4.46. The summed E-state index contributed by atoms with van der Waals surface area (Å²) in [6, 6.07) is 6.32. The lowest BCUT2D eigenvalue weighted by molar-refractivity contribution is 0.394. The average molecular weight is 207 g/mol. The second-order valence-electron chi connectivity index (χ2n) is 4.14. The molecule has 3 heteroatoms. The third-order valence-electron chi connectivity index (χ3n) is 2.80. The molecule has 0 saturated carbocycles. The molecule has 0 aromatic carbocycles. The molecule has 1 aromatic rings. The van der Waals surface area contributed by atoms with Crippen molar-refractivity contribution < 1.29 is 0 Å². The van der Waals surface area contributed by atoms with Gasteiger partial charge in [0, 0.05) is 24.4 Å². The molecule has 0 radical (unpaired) electrons. The van der Waals surface area contributed by atoms with Crippen LogP contribution in [-0.2, 0) is 6.42 Å². The molecule has 84 valence electrons. The SMILES string of the molecule is CCC(C)CC(Cc1ccccn1)NN. The van der Waals surface area contributed by atoms with Crippen molar-refractivity contribution in [3.63, 3.8) is 0 Å². The van der Waals surface area contributed by atoms with E-state index >= 15 is 0 Å². The van der Waals surface area contributed by atoms with Gasteiger partial charge in [-0.25, -0.2) is 0 Å². The molecule has 1 rings (SSSR count). The summed E-state index contributed by atoms with van der Waals surface area (Å²) in [5.74, 6) is 6.25. The predicted octanol–water partition coefficient (Wildman–Crippen LogP) is 1.89. The quantitative estimate of drug-likeness (QED) is 0.553. The van der Waals surface area contributed by atoms with Crippen LogP contribution in [0.3, 0.4) is 0 Å². The van der Waals surface area contributed by atoms with Gasteiger partial charge in [0.15, 0.2) is 0 Å². The van der Waals surface area contributed by atoms with Crippen LogP contribution >= 0.6 is 0 Å². The Balaban J connectivity index is 2.47. The normalized spacial score (nSPS) is 14.9. The van der Waals surface area contributed by atoms with Gasteiger partial charge < -0.3 is 0 Å². The number of hydrazine groups is 1. The first kappa shape index (κ1) is 12.1. The molecule has 0 fully saturated rings. The van der Waals surface area contributed by atoms with Crippen LogP contribution in [0.2, 0.25) is 0 Å². The molecule has 0 spiro atoms. The maximum Gasteiger partial charge on any atom is 0.0419 e. The van der Waals surface area contributed by atoms with Crippen LogP contribution in [0.5, 0.6) is 0 Å². The van der Waals surface area contributed by atoms with Crippen molar-refractivity contribution in [2.75, 3.05) is 0 Å². The standard InChI is InChI=1S/C12H21N3/c1-3-10(2)8-12(15-13)9-11-6-4-5-7-14-11/h4-7,10,12,15H,3,8-9,13H2,1-2H3. The van der Waals surface area contributed by atoms with E-state index in [-0.39, 0.29) is 0 Å². The van der Waals surface area contributed by atoms with Gasteiger partial charge in [-0.1, -0.05) is 26.3 Å². The van der Waals surface area contributed by atoms with Crippen molar-refractivity contribution in [3.05, 3.63) is 30.1 Å². The van der Waals surface area contributed by atoms with Gasteiger partial charge in [-0.05, 0) is 24.5 Å². The molecule has 2 atom stereocenters. The minimum atomic E-state index is 0.329. The first-order chi connectivity index (χ1) is 7.26. The highest BCUT2D eigenvalue weighted by molar-refractivity contribution is 5.05. The Kier molecular flexibility index (Phi) is 5.29. The van der Waals surface area contributed by atoms with Gasteiger partial charge in [0.25, 0.3) is 0 Å². The van der Waals surface area contributed by atoms with Crippen LogP contribution in [0.25, 0.3) is 0 Å². The van der Waals surface area contributed by atoms with Crippen LogP contribution in [0.1, 0.15) is 32.4 Å². The van der Waals surface area contributed by atoms with E-state index in [1.807, 2.05) is 24.4 Å². The zero-order chi connectivity index (χ0) is 11.1. The van der Waals surface area contributed by atoms with E-state index in [0.717, 1.165) is 18.5 Å². The van der Waals surface area contributed by atoms with Crippen molar-refractivity contribution >= 4 is 0 Å². The molecule has 15 heavy (non-hydrogen) atoms. The van der Waals surface area contributed by atoms with Crippen LogP contribution < -0.4 is 11.3 Å². The Morgan fingerprint density at radius 2 is 2.27 bits per heavy atom. The number of nitrogens with one attached hydrogen (secondary N) is 1. The monoisotopic (exact) mass is 207 g/mol. The summed E-state index contributed by atoms with van der Waals surface area (Å²) in [4.78, 5) is 4.30. The van der Waals surface area contributed by atoms with Gasteiger partial charge in [0.2, 0.25) is 0 Å². The number of aromatic nitrogens is 1. The van der Waals surface area contributed by atoms with E-state index in [4.69, 9.17) is 5.84 Å². The zero-order valence-corrected chi connectivity index (χ0v) is 9.61. The highest BCUT2D eigenvalue weighted by Gasteiger charge is 2.11. The molecule has 3 N–H and O–H groups in total. The van der Waals surface area contributed by atoms with Crippen molar-refractivity contribution in [2.24, 2.45) is 11.8 Å². The Hall–Kier alpha value is -0.930. The average Bonchev–Trinajstić information content (AvgIpc) is 2.29. The lowest BCUT2D eigenvalue weighted by atomic mass is 9.96. The first-order valence-electron chi connectivity index (χ1n) is 5.62. The highest BCUT2D eigenvalue weighted by Crippen LogP contribution is 2.12. The third kappa shape index (κ3) is 4.40. The maximum atomic E-state index is 5.55. The summed E-state index contributed by atoms with van der Waals surface area (Å²) >= 11 is 0. The predicted molar refractivity (Wildman–Crippen MR) is 63.1 cm³/mol. The summed E-state index contributed by atoms with van der Waals surface area (Å²) in [5.41, 5.74) is 3.98. The highest BCUT2D eigenvalue weighted by atomic mass is 15.2. The van der Waals surface area contributed by atoms with Crippen LogP contribution in [0.15, 0.2) is 24.4 Å². The fraction of sp³-hybridized carbons (Fsp3) is 0.583. The molecular weight excluding hydrogens is 186 g/mol. The van der Waals surface area contributed by atoms with E-state index in [1.54, 1.807) is 0 Å². The minimum Gasteiger partial charge on any atom is -0.271 e. The second kappa shape index (κ2) is 6.53. The number of nitrogens with two attached hydrogens (primary N) is 1. The van der Waals surface area contributed by atoms with Gasteiger partial charge in [-0.2, -0.15) is 0 Å².